The summed E-state index contributed by atoms with van der Waals surface area (Å²) < 4.78 is 37.4. The molecule has 1 N–H and O–H groups in total. The van der Waals surface area contributed by atoms with E-state index < -0.39 is 17.4 Å². The summed E-state index contributed by atoms with van der Waals surface area (Å²) >= 11 is 0. The fraction of sp³-hybridized carbons (Fsp3) is 0.545. The number of nitrogens with zero attached hydrogens (tertiary/aromatic N) is 2. The van der Waals surface area contributed by atoms with Gasteiger partial charge in [0.2, 0.25) is 0 Å². The lowest BCUT2D eigenvalue weighted by molar-refractivity contribution is -0.141. The average molecular weight is 248 g/mol. The Labute approximate surface area is 97.9 Å². The molecule has 1 aromatic rings. The molecule has 0 saturated heterocycles. The first kappa shape index (κ1) is 13.8. The summed E-state index contributed by atoms with van der Waals surface area (Å²) in [5.41, 5.74) is -1.60. The Bertz CT molecular complexity index is 391. The molecule has 1 heterocycles. The van der Waals surface area contributed by atoms with Gasteiger partial charge in [-0.1, -0.05) is 6.07 Å². The molecule has 17 heavy (non-hydrogen) atoms. The molecule has 0 saturated carbocycles. The lowest BCUT2D eigenvalue weighted by Gasteiger charge is -2.35. The second kappa shape index (κ2) is 4.52. The van der Waals surface area contributed by atoms with Crippen LogP contribution in [0, 0.1) is 0 Å². The number of pyridine rings is 1. The van der Waals surface area contributed by atoms with E-state index in [9.17, 15) is 13.2 Å². The van der Waals surface area contributed by atoms with E-state index >= 15 is 0 Å². The molecule has 0 atom stereocenters. The van der Waals surface area contributed by atoms with Gasteiger partial charge in [-0.3, -0.25) is 0 Å². The molecule has 0 bridgehead atoms. The molecule has 1 rings (SSSR count). The second-order valence-corrected chi connectivity index (χ2v) is 4.41. The van der Waals surface area contributed by atoms with Crippen LogP contribution in [0.2, 0.25) is 0 Å². The summed E-state index contributed by atoms with van der Waals surface area (Å²) in [5.74, 6) is 0.180. The van der Waals surface area contributed by atoms with Crippen molar-refractivity contribution in [2.45, 2.75) is 25.6 Å². The van der Waals surface area contributed by atoms with Crippen molar-refractivity contribution in [3.63, 3.8) is 0 Å². The molecule has 1 aromatic heterocycles. The van der Waals surface area contributed by atoms with Gasteiger partial charge in [0.15, 0.2) is 0 Å². The van der Waals surface area contributed by atoms with Crippen LogP contribution in [0.1, 0.15) is 19.5 Å². The van der Waals surface area contributed by atoms with Crippen molar-refractivity contribution in [3.8, 4) is 0 Å². The highest BCUT2D eigenvalue weighted by molar-refractivity contribution is 5.41. The monoisotopic (exact) mass is 248 g/mol. The maximum Gasteiger partial charge on any atom is 0.433 e. The van der Waals surface area contributed by atoms with Gasteiger partial charge < -0.3 is 10.0 Å². The minimum absolute atomic E-state index is 0.179. The first-order valence-electron chi connectivity index (χ1n) is 5.07. The number of hydrogen-bond acceptors (Lipinski definition) is 3. The quantitative estimate of drug-likeness (QED) is 0.891. The largest absolute Gasteiger partial charge is 0.433 e. The molecule has 0 radical (unpaired) electrons. The van der Waals surface area contributed by atoms with Gasteiger partial charge >= 0.3 is 6.18 Å². The minimum atomic E-state index is -4.46. The number of likely N-dealkylation sites (N-methyl/N-ethyl adjacent to an activating group) is 1. The maximum atomic E-state index is 12.5. The van der Waals surface area contributed by atoms with Crippen LogP contribution in [-0.2, 0) is 6.18 Å². The van der Waals surface area contributed by atoms with Gasteiger partial charge in [-0.05, 0) is 26.0 Å². The summed E-state index contributed by atoms with van der Waals surface area (Å²) in [6.07, 6.45) is -4.46. The van der Waals surface area contributed by atoms with E-state index in [4.69, 9.17) is 5.11 Å². The van der Waals surface area contributed by atoms with Crippen molar-refractivity contribution in [2.24, 2.45) is 0 Å². The summed E-state index contributed by atoms with van der Waals surface area (Å²) in [7, 11) is 1.60. The molecule has 0 aliphatic carbocycles. The molecule has 3 nitrogen and oxygen atoms in total. The van der Waals surface area contributed by atoms with Crippen LogP contribution in [0.3, 0.4) is 0 Å². The number of alkyl halides is 3. The standard InChI is InChI=1S/C11H15F3N2O/c1-10(2,7-17)16(3)9-6-4-5-8(15-9)11(12,13)14/h4-6,17H,7H2,1-3H3. The first-order valence-corrected chi connectivity index (χ1v) is 5.07. The Balaban J connectivity index is 3.08. The van der Waals surface area contributed by atoms with E-state index in [2.05, 4.69) is 4.98 Å². The molecule has 0 aromatic carbocycles. The normalized spacial score (nSPS) is 12.6. The highest BCUT2D eigenvalue weighted by atomic mass is 19.4. The Morgan fingerprint density at radius 3 is 2.35 bits per heavy atom. The van der Waals surface area contributed by atoms with Crippen molar-refractivity contribution in [1.29, 1.82) is 0 Å². The van der Waals surface area contributed by atoms with Crippen molar-refractivity contribution < 1.29 is 18.3 Å². The van der Waals surface area contributed by atoms with E-state index in [1.54, 1.807) is 20.9 Å². The molecule has 0 fully saturated rings. The zero-order valence-corrected chi connectivity index (χ0v) is 9.91. The minimum Gasteiger partial charge on any atom is -0.394 e. The third-order valence-electron chi connectivity index (χ3n) is 2.66. The van der Waals surface area contributed by atoms with Crippen molar-refractivity contribution in [1.82, 2.24) is 4.98 Å². The van der Waals surface area contributed by atoms with Crippen LogP contribution < -0.4 is 4.90 Å². The average Bonchev–Trinajstić information content (AvgIpc) is 2.27. The van der Waals surface area contributed by atoms with E-state index in [1.807, 2.05) is 0 Å². The van der Waals surface area contributed by atoms with Gasteiger partial charge in [-0.2, -0.15) is 13.2 Å². The van der Waals surface area contributed by atoms with Crippen LogP contribution in [0.15, 0.2) is 18.2 Å². The van der Waals surface area contributed by atoms with Gasteiger partial charge in [0, 0.05) is 7.05 Å². The SMILES string of the molecule is CN(c1cccc(C(F)(F)F)n1)C(C)(C)CO. The van der Waals surface area contributed by atoms with Gasteiger partial charge in [-0.15, -0.1) is 0 Å². The molecule has 0 unspecified atom stereocenters. The topological polar surface area (TPSA) is 36.4 Å². The molecule has 0 aliphatic rings. The maximum absolute atomic E-state index is 12.5. The van der Waals surface area contributed by atoms with Gasteiger partial charge in [0.25, 0.3) is 0 Å². The second-order valence-electron chi connectivity index (χ2n) is 4.41. The molecular weight excluding hydrogens is 233 g/mol. The summed E-state index contributed by atoms with van der Waals surface area (Å²) in [5, 5.41) is 9.16. The molecule has 0 amide bonds. The zero-order valence-electron chi connectivity index (χ0n) is 9.91. The first-order chi connectivity index (χ1) is 7.68. The molecule has 96 valence electrons. The highest BCUT2D eigenvalue weighted by Gasteiger charge is 2.33. The van der Waals surface area contributed by atoms with Gasteiger partial charge in [0.1, 0.15) is 11.5 Å². The van der Waals surface area contributed by atoms with Crippen molar-refractivity contribution >= 4 is 5.82 Å². The number of aromatic nitrogens is 1. The van der Waals surface area contributed by atoms with E-state index in [1.165, 1.54) is 17.0 Å². The number of rotatable bonds is 3. The Hall–Kier alpha value is -1.30. The molecule has 0 spiro atoms. The van der Waals surface area contributed by atoms with E-state index in [0.29, 0.717) is 0 Å². The Morgan fingerprint density at radius 2 is 1.88 bits per heavy atom. The fourth-order valence-corrected chi connectivity index (χ4v) is 1.18. The van der Waals surface area contributed by atoms with Crippen LogP contribution in [-0.4, -0.2) is 29.3 Å². The predicted octanol–water partition coefficient (Wildman–Crippen LogP) is 2.31. The summed E-state index contributed by atoms with van der Waals surface area (Å²) in [6, 6.07) is 3.70. The van der Waals surface area contributed by atoms with Crippen LogP contribution in [0.5, 0.6) is 0 Å². The molecule has 0 aliphatic heterocycles. The smallest absolute Gasteiger partial charge is 0.394 e. The van der Waals surface area contributed by atoms with Crippen molar-refractivity contribution in [2.75, 3.05) is 18.6 Å². The third kappa shape index (κ3) is 3.09. The number of halogens is 3. The number of aliphatic hydroxyl groups is 1. The Morgan fingerprint density at radius 1 is 1.29 bits per heavy atom. The third-order valence-corrected chi connectivity index (χ3v) is 2.66. The summed E-state index contributed by atoms with van der Waals surface area (Å²) in [6.45, 7) is 3.26. The highest BCUT2D eigenvalue weighted by Crippen LogP contribution is 2.29. The van der Waals surface area contributed by atoms with E-state index in [0.717, 1.165) is 6.07 Å². The van der Waals surface area contributed by atoms with Gasteiger partial charge in [0.05, 0.1) is 12.1 Å². The lowest BCUT2D eigenvalue weighted by atomic mass is 10.1. The lowest BCUT2D eigenvalue weighted by Crippen LogP contribution is -2.45. The van der Waals surface area contributed by atoms with Crippen LogP contribution in [0.25, 0.3) is 0 Å². The predicted molar refractivity (Wildman–Crippen MR) is 58.8 cm³/mol. The fourth-order valence-electron chi connectivity index (χ4n) is 1.18. The van der Waals surface area contributed by atoms with Gasteiger partial charge in [-0.25, -0.2) is 4.98 Å². The number of anilines is 1. The van der Waals surface area contributed by atoms with Crippen LogP contribution in [0.4, 0.5) is 19.0 Å². The van der Waals surface area contributed by atoms with E-state index in [-0.39, 0.29) is 12.4 Å². The van der Waals surface area contributed by atoms with Crippen LogP contribution >= 0.6 is 0 Å². The zero-order chi connectivity index (χ0) is 13.3. The number of hydrogen-bond donors (Lipinski definition) is 1. The molecule has 6 heteroatoms. The molecular formula is C11H15F3N2O. The number of aliphatic hydroxyl groups excluding tert-OH is 1. The Kier molecular flexibility index (Phi) is 3.66. The summed E-state index contributed by atoms with van der Waals surface area (Å²) in [4.78, 5) is 5.06. The van der Waals surface area contributed by atoms with Crippen molar-refractivity contribution in [3.05, 3.63) is 23.9 Å².